The first-order valence-electron chi connectivity index (χ1n) is 7.11. The average molecular weight is 359 g/mol. The van der Waals surface area contributed by atoms with Crippen molar-refractivity contribution < 1.29 is 17.9 Å². The number of hydrogen-bond acceptors (Lipinski definition) is 4. The second-order valence-electron chi connectivity index (χ2n) is 5.31. The highest BCUT2D eigenvalue weighted by atomic mass is 35.5. The second kappa shape index (κ2) is 7.33. The van der Waals surface area contributed by atoms with Crippen molar-refractivity contribution >= 4 is 27.5 Å². The summed E-state index contributed by atoms with van der Waals surface area (Å²) in [4.78, 5) is 14.3. The van der Waals surface area contributed by atoms with E-state index in [0.29, 0.717) is 29.4 Å². The molecule has 1 N–H and O–H groups in total. The zero-order valence-electron chi connectivity index (χ0n) is 12.8. The Morgan fingerprint density at radius 3 is 2.96 bits per heavy atom. The number of ether oxygens (including phenoxy) is 1. The maximum atomic E-state index is 12.6. The van der Waals surface area contributed by atoms with Crippen LogP contribution in [0, 0.1) is 5.92 Å². The molecule has 0 aromatic heterocycles. The number of amides is 1. The van der Waals surface area contributed by atoms with Crippen molar-refractivity contribution in [3.8, 4) is 5.75 Å². The minimum Gasteiger partial charge on any atom is -0.496 e. The van der Waals surface area contributed by atoms with E-state index < -0.39 is 10.0 Å². The largest absolute Gasteiger partial charge is 0.496 e. The number of benzene rings is 1. The number of carbonyl (C=O) groups is 1. The molecule has 2 rings (SSSR count). The minimum atomic E-state index is -3.44. The summed E-state index contributed by atoms with van der Waals surface area (Å²) in [7, 11) is -1.94. The Labute approximate surface area is 141 Å². The lowest BCUT2D eigenvalue weighted by molar-refractivity contribution is 0.0784. The van der Waals surface area contributed by atoms with Gasteiger partial charge < -0.3 is 9.64 Å². The number of sulfonamides is 1. The van der Waals surface area contributed by atoms with Gasteiger partial charge in [-0.05, 0) is 30.5 Å². The number of halogens is 1. The van der Waals surface area contributed by atoms with Crippen LogP contribution in [0.2, 0.25) is 5.02 Å². The van der Waals surface area contributed by atoms with Crippen LogP contribution in [0.15, 0.2) is 30.2 Å². The van der Waals surface area contributed by atoms with Gasteiger partial charge in [-0.15, -0.1) is 0 Å². The summed E-state index contributed by atoms with van der Waals surface area (Å²) in [5, 5.41) is 1.34. The minimum absolute atomic E-state index is 0.0684. The molecule has 1 fully saturated rings. The van der Waals surface area contributed by atoms with Crippen molar-refractivity contribution in [3.63, 3.8) is 0 Å². The zero-order chi connectivity index (χ0) is 17.0. The summed E-state index contributed by atoms with van der Waals surface area (Å²) < 4.78 is 30.4. The molecule has 1 aromatic carbocycles. The molecule has 23 heavy (non-hydrogen) atoms. The molecule has 1 saturated heterocycles. The van der Waals surface area contributed by atoms with Crippen molar-refractivity contribution in [1.29, 1.82) is 0 Å². The first-order valence-corrected chi connectivity index (χ1v) is 9.03. The van der Waals surface area contributed by atoms with E-state index in [2.05, 4.69) is 11.3 Å². The lowest BCUT2D eigenvalue weighted by Crippen LogP contribution is -2.32. The van der Waals surface area contributed by atoms with Gasteiger partial charge in [0.2, 0.25) is 10.0 Å². The highest BCUT2D eigenvalue weighted by Gasteiger charge is 2.29. The monoisotopic (exact) mass is 358 g/mol. The number of methoxy groups -OCH3 is 1. The van der Waals surface area contributed by atoms with Crippen LogP contribution in [0.3, 0.4) is 0 Å². The first kappa shape index (κ1) is 17.8. The van der Waals surface area contributed by atoms with Crippen molar-refractivity contribution in [3.05, 3.63) is 40.8 Å². The fourth-order valence-corrected chi connectivity index (χ4v) is 3.25. The standard InChI is InChI=1S/C15H19ClN2O4S/c1-3-23(20,21)17-9-11-6-7-18(10-11)15(19)13-8-12(16)4-5-14(13)22-2/h3-5,8,11,17H,1,6-7,9-10H2,2H3/t11-/m0/s1. The van der Waals surface area contributed by atoms with Crippen LogP contribution in [-0.2, 0) is 10.0 Å². The predicted octanol–water partition coefficient (Wildman–Crippen LogP) is 1.87. The van der Waals surface area contributed by atoms with E-state index in [0.717, 1.165) is 11.8 Å². The highest BCUT2D eigenvalue weighted by molar-refractivity contribution is 7.92. The van der Waals surface area contributed by atoms with Crippen LogP contribution < -0.4 is 9.46 Å². The third-order valence-electron chi connectivity index (χ3n) is 3.76. The van der Waals surface area contributed by atoms with E-state index in [1.54, 1.807) is 23.1 Å². The molecule has 1 atom stereocenters. The lowest BCUT2D eigenvalue weighted by atomic mass is 10.1. The maximum absolute atomic E-state index is 12.6. The van der Waals surface area contributed by atoms with Gasteiger partial charge in [0.15, 0.2) is 0 Å². The van der Waals surface area contributed by atoms with Crippen molar-refractivity contribution in [2.24, 2.45) is 5.92 Å². The van der Waals surface area contributed by atoms with E-state index in [4.69, 9.17) is 16.3 Å². The van der Waals surface area contributed by atoms with Crippen LogP contribution in [0.5, 0.6) is 5.75 Å². The number of hydrogen-bond donors (Lipinski definition) is 1. The molecule has 1 aliphatic heterocycles. The van der Waals surface area contributed by atoms with E-state index in [9.17, 15) is 13.2 Å². The fraction of sp³-hybridized carbons (Fsp3) is 0.400. The van der Waals surface area contributed by atoms with Crippen molar-refractivity contribution in [2.75, 3.05) is 26.7 Å². The van der Waals surface area contributed by atoms with Gasteiger partial charge in [0.05, 0.1) is 12.7 Å². The van der Waals surface area contributed by atoms with Gasteiger partial charge in [0, 0.05) is 30.1 Å². The smallest absolute Gasteiger partial charge is 0.257 e. The molecule has 6 nitrogen and oxygen atoms in total. The van der Waals surface area contributed by atoms with Crippen molar-refractivity contribution in [1.82, 2.24) is 9.62 Å². The molecule has 1 aliphatic rings. The summed E-state index contributed by atoms with van der Waals surface area (Å²) in [5.74, 6) is 0.368. The topological polar surface area (TPSA) is 75.7 Å². The highest BCUT2D eigenvalue weighted by Crippen LogP contribution is 2.26. The van der Waals surface area contributed by atoms with E-state index in [1.165, 1.54) is 7.11 Å². The quantitative estimate of drug-likeness (QED) is 0.842. The Balaban J connectivity index is 2.03. The van der Waals surface area contributed by atoms with Gasteiger partial charge in [-0.25, -0.2) is 13.1 Å². The summed E-state index contributed by atoms with van der Waals surface area (Å²) >= 11 is 5.96. The molecule has 1 amide bonds. The number of nitrogens with one attached hydrogen (secondary N) is 1. The average Bonchev–Trinajstić information content (AvgIpc) is 3.01. The molecular formula is C15H19ClN2O4S. The van der Waals surface area contributed by atoms with Gasteiger partial charge in [-0.3, -0.25) is 4.79 Å². The Morgan fingerprint density at radius 1 is 1.57 bits per heavy atom. The van der Waals surface area contributed by atoms with Gasteiger partial charge in [-0.2, -0.15) is 0 Å². The molecule has 0 unspecified atom stereocenters. The number of likely N-dealkylation sites (tertiary alicyclic amines) is 1. The zero-order valence-corrected chi connectivity index (χ0v) is 14.4. The number of carbonyl (C=O) groups excluding carboxylic acids is 1. The van der Waals surface area contributed by atoms with E-state index in [1.807, 2.05) is 0 Å². The third kappa shape index (κ3) is 4.46. The molecule has 126 valence electrons. The molecular weight excluding hydrogens is 340 g/mol. The molecule has 0 saturated carbocycles. The molecule has 0 radical (unpaired) electrons. The van der Waals surface area contributed by atoms with Crippen LogP contribution in [0.25, 0.3) is 0 Å². The predicted molar refractivity (Wildman–Crippen MR) is 89.1 cm³/mol. The molecule has 0 aliphatic carbocycles. The Bertz CT molecular complexity index is 705. The maximum Gasteiger partial charge on any atom is 0.257 e. The molecule has 1 aromatic rings. The molecule has 0 spiro atoms. The third-order valence-corrected chi connectivity index (χ3v) is 5.00. The second-order valence-corrected chi connectivity index (χ2v) is 7.46. The van der Waals surface area contributed by atoms with Gasteiger partial charge >= 0.3 is 0 Å². The normalized spacial score (nSPS) is 18.0. The van der Waals surface area contributed by atoms with Crippen LogP contribution in [0.4, 0.5) is 0 Å². The summed E-state index contributed by atoms with van der Waals surface area (Å²) in [6.07, 6.45) is 0.730. The van der Waals surface area contributed by atoms with Gasteiger partial charge in [0.1, 0.15) is 5.75 Å². The van der Waals surface area contributed by atoms with E-state index >= 15 is 0 Å². The fourth-order valence-electron chi connectivity index (χ4n) is 2.49. The Hall–Kier alpha value is -1.57. The molecule has 1 heterocycles. The van der Waals surface area contributed by atoms with E-state index in [-0.39, 0.29) is 18.4 Å². The lowest BCUT2D eigenvalue weighted by Gasteiger charge is -2.18. The Morgan fingerprint density at radius 2 is 2.30 bits per heavy atom. The summed E-state index contributed by atoms with van der Waals surface area (Å²) in [6.45, 7) is 4.57. The van der Waals surface area contributed by atoms with Crippen molar-refractivity contribution in [2.45, 2.75) is 6.42 Å². The summed E-state index contributed by atoms with van der Waals surface area (Å²) in [5.41, 5.74) is 0.410. The molecule has 8 heteroatoms. The number of rotatable bonds is 6. The van der Waals surface area contributed by atoms with Gasteiger partial charge in [0.25, 0.3) is 5.91 Å². The number of nitrogens with zero attached hydrogens (tertiary/aromatic N) is 1. The first-order chi connectivity index (χ1) is 10.9. The molecule has 0 bridgehead atoms. The Kier molecular flexibility index (Phi) is 5.67. The van der Waals surface area contributed by atoms with Gasteiger partial charge in [-0.1, -0.05) is 18.2 Å². The SMILES string of the molecule is C=CS(=O)(=O)NC[C@@H]1CCN(C(=O)c2cc(Cl)ccc2OC)C1. The van der Waals surface area contributed by atoms with Crippen LogP contribution in [0.1, 0.15) is 16.8 Å². The van der Waals surface area contributed by atoms with Crippen LogP contribution in [-0.4, -0.2) is 46.0 Å². The van der Waals surface area contributed by atoms with Crippen LogP contribution >= 0.6 is 11.6 Å². The summed E-state index contributed by atoms with van der Waals surface area (Å²) in [6, 6.07) is 4.89.